The van der Waals surface area contributed by atoms with Gasteiger partial charge in [0.15, 0.2) is 11.5 Å². The Kier molecular flexibility index (Phi) is 6.82. The molecule has 1 aliphatic heterocycles. The predicted octanol–water partition coefficient (Wildman–Crippen LogP) is 3.75. The van der Waals surface area contributed by atoms with Crippen LogP contribution in [0.1, 0.15) is 21.5 Å². The molecule has 1 unspecified atom stereocenters. The topological polar surface area (TPSA) is 89.9 Å². The summed E-state index contributed by atoms with van der Waals surface area (Å²) in [6.07, 6.45) is 0.783. The first-order chi connectivity index (χ1) is 15.5. The number of ether oxygens (including phenoxy) is 3. The van der Waals surface area contributed by atoms with Crippen LogP contribution in [0.5, 0.6) is 17.2 Å². The van der Waals surface area contributed by atoms with Gasteiger partial charge in [0.05, 0.1) is 5.56 Å². The maximum absolute atomic E-state index is 12.7. The van der Waals surface area contributed by atoms with Crippen LogP contribution in [0.3, 0.4) is 0 Å². The van der Waals surface area contributed by atoms with E-state index in [-0.39, 0.29) is 25.9 Å². The molecule has 1 aromatic heterocycles. The second kappa shape index (κ2) is 9.93. The van der Waals surface area contributed by atoms with Crippen molar-refractivity contribution in [1.29, 1.82) is 0 Å². The van der Waals surface area contributed by atoms with Crippen molar-refractivity contribution in [1.82, 2.24) is 10.3 Å². The molecule has 8 heteroatoms. The Morgan fingerprint density at radius 3 is 2.84 bits per heavy atom. The van der Waals surface area contributed by atoms with Crippen LogP contribution in [0.25, 0.3) is 0 Å². The van der Waals surface area contributed by atoms with E-state index >= 15 is 0 Å². The van der Waals surface area contributed by atoms with Gasteiger partial charge in [-0.25, -0.2) is 4.98 Å². The highest BCUT2D eigenvalue weighted by molar-refractivity contribution is 7.99. The molecule has 0 fully saturated rings. The monoisotopic (exact) mass is 452 g/mol. The first-order valence-electron chi connectivity index (χ1n) is 10.2. The van der Waals surface area contributed by atoms with E-state index in [9.17, 15) is 9.90 Å². The van der Waals surface area contributed by atoms with Crippen molar-refractivity contribution in [2.45, 2.75) is 29.9 Å². The number of nitrogens with zero attached hydrogens (tertiary/aromatic N) is 1. The minimum absolute atomic E-state index is 0.0250. The molecule has 0 spiro atoms. The van der Waals surface area contributed by atoms with Crippen molar-refractivity contribution in [2.75, 3.05) is 19.9 Å². The summed E-state index contributed by atoms with van der Waals surface area (Å²) in [5.41, 5.74) is 2.85. The lowest BCUT2D eigenvalue weighted by molar-refractivity contribution is 0.0840. The van der Waals surface area contributed by atoms with Gasteiger partial charge in [-0.3, -0.25) is 4.79 Å². The molecule has 2 N–H and O–H groups in total. The van der Waals surface area contributed by atoms with Crippen molar-refractivity contribution < 1.29 is 24.1 Å². The third-order valence-electron chi connectivity index (χ3n) is 4.99. The van der Waals surface area contributed by atoms with E-state index in [0.29, 0.717) is 27.8 Å². The van der Waals surface area contributed by atoms with Gasteiger partial charge in [0.25, 0.3) is 5.91 Å². The highest BCUT2D eigenvalue weighted by Crippen LogP contribution is 2.35. The number of nitrogens with one attached hydrogen (secondary N) is 1. The van der Waals surface area contributed by atoms with E-state index in [1.54, 1.807) is 36.5 Å². The van der Waals surface area contributed by atoms with Gasteiger partial charge in [-0.15, -0.1) is 0 Å². The fourth-order valence-electron chi connectivity index (χ4n) is 3.06. The number of benzene rings is 2. The van der Waals surface area contributed by atoms with Crippen molar-refractivity contribution in [3.63, 3.8) is 0 Å². The maximum atomic E-state index is 12.7. The number of aromatic nitrogens is 1. The molecule has 0 aliphatic carbocycles. The summed E-state index contributed by atoms with van der Waals surface area (Å²) < 4.78 is 16.2. The third kappa shape index (κ3) is 5.33. The molecule has 2 aromatic carbocycles. The Hall–Kier alpha value is -3.23. The van der Waals surface area contributed by atoms with E-state index in [0.717, 1.165) is 4.90 Å². The quantitative estimate of drug-likeness (QED) is 0.538. The average Bonchev–Trinajstić information content (AvgIpc) is 3.27. The fourth-order valence-corrected chi connectivity index (χ4v) is 4.04. The number of fused-ring (bicyclic) bond motifs is 1. The SMILES string of the molecule is Cc1ccc(Sc2ncccc2C(=O)NCC(O)COc2ccc3c(c2)OCO3)cc1C. The zero-order valence-electron chi connectivity index (χ0n) is 17.8. The molecule has 0 radical (unpaired) electrons. The highest BCUT2D eigenvalue weighted by Gasteiger charge is 2.17. The fraction of sp³-hybridized carbons (Fsp3) is 0.250. The predicted molar refractivity (Wildman–Crippen MR) is 121 cm³/mol. The van der Waals surface area contributed by atoms with Gasteiger partial charge in [-0.1, -0.05) is 17.8 Å². The van der Waals surface area contributed by atoms with Crippen molar-refractivity contribution in [3.05, 3.63) is 71.4 Å². The highest BCUT2D eigenvalue weighted by atomic mass is 32.2. The van der Waals surface area contributed by atoms with E-state index in [1.165, 1.54) is 22.9 Å². The average molecular weight is 453 g/mol. The Morgan fingerprint density at radius 2 is 2.00 bits per heavy atom. The summed E-state index contributed by atoms with van der Waals surface area (Å²) in [4.78, 5) is 18.1. The van der Waals surface area contributed by atoms with Crippen molar-refractivity contribution in [2.24, 2.45) is 0 Å². The number of rotatable bonds is 8. The molecule has 4 rings (SSSR count). The van der Waals surface area contributed by atoms with Crippen molar-refractivity contribution >= 4 is 17.7 Å². The van der Waals surface area contributed by atoms with E-state index in [1.807, 2.05) is 6.07 Å². The Morgan fingerprint density at radius 1 is 1.16 bits per heavy atom. The normalized spacial score (nSPS) is 13.0. The first kappa shape index (κ1) is 22.0. The van der Waals surface area contributed by atoms with Crippen LogP contribution in [0.2, 0.25) is 0 Å². The number of pyridine rings is 1. The molecule has 32 heavy (non-hydrogen) atoms. The zero-order valence-corrected chi connectivity index (χ0v) is 18.6. The maximum Gasteiger partial charge on any atom is 0.254 e. The number of aryl methyl sites for hydroxylation is 2. The first-order valence-corrected chi connectivity index (χ1v) is 11.0. The van der Waals surface area contributed by atoms with Gasteiger partial charge in [-0.05, 0) is 61.4 Å². The van der Waals surface area contributed by atoms with Crippen LogP contribution in [0.4, 0.5) is 0 Å². The van der Waals surface area contributed by atoms with Crippen LogP contribution >= 0.6 is 11.8 Å². The summed E-state index contributed by atoms with van der Waals surface area (Å²) in [6, 6.07) is 14.8. The molecule has 0 saturated heterocycles. The number of aliphatic hydroxyl groups is 1. The molecular weight excluding hydrogens is 428 g/mol. The lowest BCUT2D eigenvalue weighted by Crippen LogP contribution is -2.35. The van der Waals surface area contributed by atoms with Gasteiger partial charge in [0.2, 0.25) is 6.79 Å². The molecule has 1 aliphatic rings. The number of aliphatic hydroxyl groups excluding tert-OH is 1. The van der Waals surface area contributed by atoms with Gasteiger partial charge in [0.1, 0.15) is 23.5 Å². The molecule has 166 valence electrons. The zero-order chi connectivity index (χ0) is 22.5. The van der Waals surface area contributed by atoms with Crippen LogP contribution in [0.15, 0.2) is 64.6 Å². The van der Waals surface area contributed by atoms with Crippen LogP contribution < -0.4 is 19.5 Å². The third-order valence-corrected chi connectivity index (χ3v) is 6.00. The number of hydrogen-bond donors (Lipinski definition) is 2. The number of hydrogen-bond acceptors (Lipinski definition) is 7. The van der Waals surface area contributed by atoms with Crippen LogP contribution in [-0.2, 0) is 0 Å². The van der Waals surface area contributed by atoms with Gasteiger partial charge in [-0.2, -0.15) is 0 Å². The molecule has 1 atom stereocenters. The Bertz CT molecular complexity index is 1120. The molecular formula is C24H24N2O5S. The number of amides is 1. The molecule has 0 saturated carbocycles. The summed E-state index contributed by atoms with van der Waals surface area (Å²) in [5.74, 6) is 1.53. The molecule has 0 bridgehead atoms. The largest absolute Gasteiger partial charge is 0.491 e. The molecule has 3 aromatic rings. The van der Waals surface area contributed by atoms with Crippen LogP contribution in [-0.4, -0.2) is 42.0 Å². The molecule has 2 heterocycles. The summed E-state index contributed by atoms with van der Waals surface area (Å²) in [5, 5.41) is 13.6. The van der Waals surface area contributed by atoms with Crippen LogP contribution in [0, 0.1) is 13.8 Å². The summed E-state index contributed by atoms with van der Waals surface area (Å²) in [7, 11) is 0. The molecule has 7 nitrogen and oxygen atoms in total. The minimum Gasteiger partial charge on any atom is -0.491 e. The smallest absolute Gasteiger partial charge is 0.254 e. The second-order valence-electron chi connectivity index (χ2n) is 7.39. The lowest BCUT2D eigenvalue weighted by Gasteiger charge is -2.14. The van der Waals surface area contributed by atoms with Gasteiger partial charge < -0.3 is 24.6 Å². The van der Waals surface area contributed by atoms with Crippen molar-refractivity contribution in [3.8, 4) is 17.2 Å². The number of carbonyl (C=O) groups is 1. The van der Waals surface area contributed by atoms with E-state index in [4.69, 9.17) is 14.2 Å². The Balaban J connectivity index is 1.32. The minimum atomic E-state index is -0.878. The molecule has 1 amide bonds. The van der Waals surface area contributed by atoms with E-state index in [2.05, 4.69) is 36.3 Å². The van der Waals surface area contributed by atoms with E-state index < -0.39 is 6.10 Å². The Labute approximate surface area is 190 Å². The number of carbonyl (C=O) groups excluding carboxylic acids is 1. The lowest BCUT2D eigenvalue weighted by atomic mass is 10.1. The van der Waals surface area contributed by atoms with Gasteiger partial charge in [0, 0.05) is 23.7 Å². The second-order valence-corrected chi connectivity index (χ2v) is 8.46. The summed E-state index contributed by atoms with van der Waals surface area (Å²) in [6.45, 7) is 4.37. The standard InChI is InChI=1S/C24H24N2O5S/c1-15-5-7-19(10-16(15)2)32-24-20(4-3-9-25-24)23(28)26-12-17(27)13-29-18-6-8-21-22(11-18)31-14-30-21/h3-11,17,27H,12-14H2,1-2H3,(H,26,28). The van der Waals surface area contributed by atoms with Gasteiger partial charge >= 0.3 is 0 Å². The summed E-state index contributed by atoms with van der Waals surface area (Å²) >= 11 is 1.44.